The summed E-state index contributed by atoms with van der Waals surface area (Å²) in [5.74, 6) is 2.41. The quantitative estimate of drug-likeness (QED) is 0.361. The van der Waals surface area contributed by atoms with Gasteiger partial charge >= 0.3 is 0 Å². The van der Waals surface area contributed by atoms with Crippen molar-refractivity contribution in [2.45, 2.75) is 26.8 Å². The maximum Gasteiger partial charge on any atom is 0.143 e. The van der Waals surface area contributed by atoms with Crippen LogP contribution in [0.3, 0.4) is 0 Å². The average molecular weight is 455 g/mol. The molecule has 0 unspecified atom stereocenters. The van der Waals surface area contributed by atoms with Crippen LogP contribution in [0.15, 0.2) is 66.1 Å². The zero-order valence-electron chi connectivity index (χ0n) is 20.2. The molecule has 0 radical (unpaired) electrons. The number of benzene rings is 2. The Morgan fingerprint density at radius 2 is 1.91 bits per heavy atom. The Kier molecular flexibility index (Phi) is 6.63. The number of aliphatic imine (C=N–C) groups is 1. The monoisotopic (exact) mass is 454 g/mol. The number of imidazole rings is 1. The number of hydrogen-bond donors (Lipinski definition) is 2. The van der Waals surface area contributed by atoms with E-state index in [9.17, 15) is 0 Å². The van der Waals surface area contributed by atoms with Crippen molar-refractivity contribution in [1.29, 1.82) is 0 Å². The van der Waals surface area contributed by atoms with Crippen molar-refractivity contribution in [3.63, 3.8) is 0 Å². The fourth-order valence-corrected chi connectivity index (χ4v) is 3.69. The van der Waals surface area contributed by atoms with E-state index in [4.69, 9.17) is 10.5 Å². The summed E-state index contributed by atoms with van der Waals surface area (Å²) < 4.78 is 7.73. The molecule has 0 bridgehead atoms. The number of methoxy groups -OCH3 is 1. The van der Waals surface area contributed by atoms with Gasteiger partial charge in [0.15, 0.2) is 0 Å². The number of hydrogen-bond acceptors (Lipinski definition) is 6. The lowest BCUT2D eigenvalue weighted by Gasteiger charge is -2.13. The van der Waals surface area contributed by atoms with Gasteiger partial charge in [0.2, 0.25) is 0 Å². The number of rotatable bonds is 7. The van der Waals surface area contributed by atoms with Crippen molar-refractivity contribution in [3.05, 3.63) is 72.4 Å². The van der Waals surface area contributed by atoms with Gasteiger partial charge in [-0.15, -0.1) is 0 Å². The SMILES string of the molecule is COc1cc(-c2cnc(C)n2C)ccc1Nc1cc2cc(C(C=NC(C)C)=CN)ccc2cn1. The molecule has 2 aromatic heterocycles. The third-order valence-electron chi connectivity index (χ3n) is 5.73. The molecule has 3 N–H and O–H groups in total. The molecular formula is C27H30N6O. The minimum absolute atomic E-state index is 0.207. The Labute approximate surface area is 200 Å². The van der Waals surface area contributed by atoms with Gasteiger partial charge in [0.05, 0.1) is 24.7 Å². The normalized spacial score (nSPS) is 12.1. The number of fused-ring (bicyclic) bond motifs is 1. The number of pyridine rings is 1. The second-order valence-corrected chi connectivity index (χ2v) is 8.42. The van der Waals surface area contributed by atoms with Gasteiger partial charge in [0.25, 0.3) is 0 Å². The molecule has 0 saturated heterocycles. The molecule has 2 heterocycles. The topological polar surface area (TPSA) is 90.3 Å². The molecule has 0 aliphatic rings. The first-order chi connectivity index (χ1) is 16.4. The van der Waals surface area contributed by atoms with E-state index in [-0.39, 0.29) is 6.04 Å². The summed E-state index contributed by atoms with van der Waals surface area (Å²) in [4.78, 5) is 13.4. The molecule has 4 rings (SSSR count). The van der Waals surface area contributed by atoms with Crippen LogP contribution in [-0.2, 0) is 7.05 Å². The Morgan fingerprint density at radius 1 is 1.09 bits per heavy atom. The minimum Gasteiger partial charge on any atom is -0.495 e. The predicted molar refractivity (Wildman–Crippen MR) is 141 cm³/mol. The van der Waals surface area contributed by atoms with Crippen LogP contribution in [0, 0.1) is 6.92 Å². The van der Waals surface area contributed by atoms with E-state index in [0.717, 1.165) is 56.2 Å². The maximum atomic E-state index is 5.87. The molecule has 0 spiro atoms. The summed E-state index contributed by atoms with van der Waals surface area (Å²) in [6.07, 6.45) is 7.14. The molecule has 174 valence electrons. The van der Waals surface area contributed by atoms with E-state index in [2.05, 4.69) is 30.9 Å². The first kappa shape index (κ1) is 23.0. The average Bonchev–Trinajstić information content (AvgIpc) is 3.17. The standard InChI is InChI=1S/C27H30N6O/c1-17(2)29-15-23(13-28)19-6-7-21-14-31-27(12-22(21)10-19)32-24-9-8-20(11-26(24)34-5)25-16-30-18(3)33(25)4/h6-17H,28H2,1-5H3,(H,31,32). The molecule has 0 aliphatic carbocycles. The third kappa shape index (κ3) is 4.78. The van der Waals surface area contributed by atoms with Crippen LogP contribution in [0.4, 0.5) is 11.5 Å². The fraction of sp³-hybridized carbons (Fsp3) is 0.222. The van der Waals surface area contributed by atoms with Gasteiger partial charge in [-0.2, -0.15) is 0 Å². The smallest absolute Gasteiger partial charge is 0.143 e. The largest absolute Gasteiger partial charge is 0.495 e. The summed E-state index contributed by atoms with van der Waals surface area (Å²) >= 11 is 0. The molecule has 34 heavy (non-hydrogen) atoms. The molecule has 2 aromatic carbocycles. The number of ether oxygens (including phenoxy) is 1. The van der Waals surface area contributed by atoms with Gasteiger partial charge in [-0.1, -0.05) is 18.2 Å². The third-order valence-corrected chi connectivity index (χ3v) is 5.73. The van der Waals surface area contributed by atoms with E-state index in [1.807, 2.05) is 82.8 Å². The first-order valence-electron chi connectivity index (χ1n) is 11.2. The van der Waals surface area contributed by atoms with Crippen LogP contribution in [0.1, 0.15) is 25.2 Å². The Bertz CT molecular complexity index is 1380. The zero-order valence-corrected chi connectivity index (χ0v) is 20.2. The summed E-state index contributed by atoms with van der Waals surface area (Å²) in [5.41, 5.74) is 10.6. The van der Waals surface area contributed by atoms with Crippen LogP contribution in [-0.4, -0.2) is 33.9 Å². The van der Waals surface area contributed by atoms with Gasteiger partial charge in [0.1, 0.15) is 17.4 Å². The number of allylic oxidation sites excluding steroid dienone is 1. The van der Waals surface area contributed by atoms with Crippen molar-refractivity contribution in [1.82, 2.24) is 14.5 Å². The predicted octanol–water partition coefficient (Wildman–Crippen LogP) is 5.47. The van der Waals surface area contributed by atoms with E-state index in [1.165, 1.54) is 0 Å². The molecule has 0 fully saturated rings. The van der Waals surface area contributed by atoms with E-state index in [1.54, 1.807) is 13.3 Å². The maximum absolute atomic E-state index is 5.87. The highest BCUT2D eigenvalue weighted by Crippen LogP contribution is 2.33. The van der Waals surface area contributed by atoms with Crippen molar-refractivity contribution < 1.29 is 4.74 Å². The van der Waals surface area contributed by atoms with Gasteiger partial charge in [-0.05, 0) is 56.0 Å². The van der Waals surface area contributed by atoms with Crippen molar-refractivity contribution >= 4 is 34.1 Å². The summed E-state index contributed by atoms with van der Waals surface area (Å²) in [5, 5.41) is 5.48. The second-order valence-electron chi connectivity index (χ2n) is 8.42. The van der Waals surface area contributed by atoms with Crippen molar-refractivity contribution in [3.8, 4) is 17.0 Å². The summed E-state index contributed by atoms with van der Waals surface area (Å²) in [6.45, 7) is 6.05. The van der Waals surface area contributed by atoms with E-state index in [0.29, 0.717) is 0 Å². The molecule has 7 heteroatoms. The zero-order chi connectivity index (χ0) is 24.2. The van der Waals surface area contributed by atoms with Crippen LogP contribution < -0.4 is 15.8 Å². The number of nitrogens with one attached hydrogen (secondary N) is 1. The number of nitrogens with zero attached hydrogens (tertiary/aromatic N) is 4. The minimum atomic E-state index is 0.207. The van der Waals surface area contributed by atoms with Crippen LogP contribution in [0.5, 0.6) is 5.75 Å². The number of aromatic nitrogens is 3. The Morgan fingerprint density at radius 3 is 2.59 bits per heavy atom. The molecule has 0 amide bonds. The second kappa shape index (κ2) is 9.79. The summed E-state index contributed by atoms with van der Waals surface area (Å²) in [6, 6.07) is 14.4. The van der Waals surface area contributed by atoms with Gasteiger partial charge in [0, 0.05) is 48.2 Å². The number of nitrogens with two attached hydrogens (primary N) is 1. The summed E-state index contributed by atoms with van der Waals surface area (Å²) in [7, 11) is 3.67. The van der Waals surface area contributed by atoms with Crippen LogP contribution in [0.2, 0.25) is 0 Å². The lowest BCUT2D eigenvalue weighted by Crippen LogP contribution is -1.99. The first-order valence-corrected chi connectivity index (χ1v) is 11.2. The number of anilines is 2. The lowest BCUT2D eigenvalue weighted by atomic mass is 10.0. The van der Waals surface area contributed by atoms with Gasteiger partial charge < -0.3 is 20.4 Å². The number of aryl methyl sites for hydroxylation is 1. The highest BCUT2D eigenvalue weighted by Gasteiger charge is 2.11. The Balaban J connectivity index is 1.64. The highest BCUT2D eigenvalue weighted by molar-refractivity contribution is 6.10. The van der Waals surface area contributed by atoms with Crippen LogP contribution in [0.25, 0.3) is 27.6 Å². The fourth-order valence-electron chi connectivity index (χ4n) is 3.69. The van der Waals surface area contributed by atoms with Crippen LogP contribution >= 0.6 is 0 Å². The van der Waals surface area contributed by atoms with E-state index < -0.39 is 0 Å². The van der Waals surface area contributed by atoms with Crippen molar-refractivity contribution in [2.24, 2.45) is 17.8 Å². The highest BCUT2D eigenvalue weighted by atomic mass is 16.5. The molecule has 0 saturated carbocycles. The Hall–Kier alpha value is -4.13. The lowest BCUT2D eigenvalue weighted by molar-refractivity contribution is 0.417. The van der Waals surface area contributed by atoms with Crippen molar-refractivity contribution in [2.75, 3.05) is 12.4 Å². The molecule has 0 atom stereocenters. The van der Waals surface area contributed by atoms with Gasteiger partial charge in [-0.25, -0.2) is 9.97 Å². The molecule has 7 nitrogen and oxygen atoms in total. The van der Waals surface area contributed by atoms with E-state index >= 15 is 0 Å². The molecule has 4 aromatic rings. The molecular weight excluding hydrogens is 424 g/mol. The molecule has 0 aliphatic heterocycles. The van der Waals surface area contributed by atoms with Gasteiger partial charge in [-0.3, -0.25) is 4.99 Å².